The highest BCUT2D eigenvalue weighted by molar-refractivity contribution is 7.89. The molecule has 22 heavy (non-hydrogen) atoms. The minimum atomic E-state index is -3.61. The van der Waals surface area contributed by atoms with Crippen LogP contribution in [0.2, 0.25) is 0 Å². The molecule has 0 aromatic heterocycles. The molecule has 1 N–H and O–H groups in total. The van der Waals surface area contributed by atoms with Gasteiger partial charge in [0.2, 0.25) is 10.0 Å². The number of hydrogen-bond acceptors (Lipinski definition) is 3. The van der Waals surface area contributed by atoms with Gasteiger partial charge in [0, 0.05) is 13.1 Å². The van der Waals surface area contributed by atoms with E-state index >= 15 is 0 Å². The first-order chi connectivity index (χ1) is 10.4. The van der Waals surface area contributed by atoms with Crippen molar-refractivity contribution in [1.82, 2.24) is 4.31 Å². The van der Waals surface area contributed by atoms with E-state index in [1.807, 2.05) is 13.0 Å². The molecule has 0 spiro atoms. The highest BCUT2D eigenvalue weighted by Crippen LogP contribution is 2.23. The lowest BCUT2D eigenvalue weighted by molar-refractivity contribution is 0.0696. The number of carboxylic acids is 1. The third-order valence-corrected chi connectivity index (χ3v) is 5.52. The molecular formula is C16H21NO4S. The normalized spacial score (nSPS) is 16.4. The lowest BCUT2D eigenvalue weighted by Gasteiger charge is -2.16. The van der Waals surface area contributed by atoms with Crippen LogP contribution < -0.4 is 0 Å². The Morgan fingerprint density at radius 1 is 1.27 bits per heavy atom. The Bertz CT molecular complexity index is 673. The molecule has 0 aliphatic carbocycles. The summed E-state index contributed by atoms with van der Waals surface area (Å²) >= 11 is 0. The summed E-state index contributed by atoms with van der Waals surface area (Å²) in [7, 11) is -3.61. The van der Waals surface area contributed by atoms with Crippen molar-refractivity contribution in [3.8, 4) is 0 Å². The number of unbranched alkanes of at least 4 members (excludes halogenated alkanes) is 1. The zero-order valence-corrected chi connectivity index (χ0v) is 13.5. The van der Waals surface area contributed by atoms with Gasteiger partial charge >= 0.3 is 5.97 Å². The quantitative estimate of drug-likeness (QED) is 0.873. The van der Waals surface area contributed by atoms with Gasteiger partial charge in [-0.2, -0.15) is 4.31 Å². The Kier molecular flexibility index (Phi) is 5.37. The van der Waals surface area contributed by atoms with E-state index in [4.69, 9.17) is 0 Å². The fraction of sp³-hybridized carbons (Fsp3) is 0.438. The van der Waals surface area contributed by atoms with Gasteiger partial charge in [-0.3, -0.25) is 0 Å². The Balaban J connectivity index is 2.43. The number of sulfonamides is 1. The molecule has 0 atom stereocenters. The fourth-order valence-electron chi connectivity index (χ4n) is 2.45. The molecule has 1 aliphatic heterocycles. The summed E-state index contributed by atoms with van der Waals surface area (Å²) in [6.07, 6.45) is 7.24. The second-order valence-corrected chi connectivity index (χ2v) is 7.34. The predicted octanol–water partition coefficient (Wildman–Crippen LogP) is 2.98. The first-order valence-corrected chi connectivity index (χ1v) is 8.94. The van der Waals surface area contributed by atoms with Crippen LogP contribution >= 0.6 is 0 Å². The molecule has 2 rings (SSSR count). The summed E-state index contributed by atoms with van der Waals surface area (Å²) in [6.45, 7) is 3.04. The van der Waals surface area contributed by atoms with Crippen LogP contribution in [0, 0.1) is 0 Å². The molecule has 1 fully saturated rings. The van der Waals surface area contributed by atoms with Gasteiger partial charge in [0.25, 0.3) is 0 Å². The number of aromatic carboxylic acids is 1. The van der Waals surface area contributed by atoms with E-state index in [0.717, 1.165) is 25.7 Å². The highest BCUT2D eigenvalue weighted by Gasteiger charge is 2.28. The zero-order valence-electron chi connectivity index (χ0n) is 12.7. The third-order valence-electron chi connectivity index (χ3n) is 3.64. The van der Waals surface area contributed by atoms with Gasteiger partial charge in [0.1, 0.15) is 0 Å². The first-order valence-electron chi connectivity index (χ1n) is 7.50. The molecule has 0 radical (unpaired) electrons. The van der Waals surface area contributed by atoms with Crippen molar-refractivity contribution in [3.05, 3.63) is 35.4 Å². The number of nitrogens with zero attached hydrogens (tertiary/aromatic N) is 1. The largest absolute Gasteiger partial charge is 0.478 e. The predicted molar refractivity (Wildman–Crippen MR) is 85.3 cm³/mol. The van der Waals surface area contributed by atoms with Gasteiger partial charge in [-0.25, -0.2) is 13.2 Å². The third kappa shape index (κ3) is 3.75. The van der Waals surface area contributed by atoms with Crippen molar-refractivity contribution < 1.29 is 18.3 Å². The average Bonchev–Trinajstić information content (AvgIpc) is 3.02. The van der Waals surface area contributed by atoms with E-state index in [2.05, 4.69) is 0 Å². The molecule has 1 aromatic rings. The first kappa shape index (κ1) is 16.7. The average molecular weight is 323 g/mol. The molecule has 1 heterocycles. The van der Waals surface area contributed by atoms with Crippen LogP contribution in [-0.4, -0.2) is 36.9 Å². The molecule has 1 saturated heterocycles. The molecule has 0 unspecified atom stereocenters. The van der Waals surface area contributed by atoms with E-state index in [1.54, 1.807) is 12.1 Å². The zero-order chi connectivity index (χ0) is 16.2. The monoisotopic (exact) mass is 323 g/mol. The SMILES string of the molecule is CCCC=Cc1cc(C(=O)O)cc(S(=O)(=O)N2CCCC2)c1. The van der Waals surface area contributed by atoms with Crippen molar-refractivity contribution in [3.63, 3.8) is 0 Å². The molecule has 0 saturated carbocycles. The molecule has 1 aliphatic rings. The molecular weight excluding hydrogens is 302 g/mol. The van der Waals surface area contributed by atoms with E-state index in [-0.39, 0.29) is 10.5 Å². The topological polar surface area (TPSA) is 74.7 Å². The fourth-order valence-corrected chi connectivity index (χ4v) is 4.05. The number of benzene rings is 1. The number of hydrogen-bond donors (Lipinski definition) is 1. The summed E-state index contributed by atoms with van der Waals surface area (Å²) in [5.41, 5.74) is 0.600. The molecule has 0 amide bonds. The van der Waals surface area contributed by atoms with Gasteiger partial charge < -0.3 is 5.11 Å². The summed E-state index contributed by atoms with van der Waals surface area (Å²) in [5, 5.41) is 9.20. The van der Waals surface area contributed by atoms with Crippen LogP contribution in [0.3, 0.4) is 0 Å². The Labute approximate surface area is 131 Å². The Morgan fingerprint density at radius 3 is 2.55 bits per heavy atom. The maximum Gasteiger partial charge on any atom is 0.335 e. The summed E-state index contributed by atoms with van der Waals surface area (Å²) in [5.74, 6) is -1.12. The second-order valence-electron chi connectivity index (χ2n) is 5.40. The lowest BCUT2D eigenvalue weighted by Crippen LogP contribution is -2.28. The van der Waals surface area contributed by atoms with Gasteiger partial charge in [0.15, 0.2) is 0 Å². The molecule has 6 heteroatoms. The summed E-state index contributed by atoms with van der Waals surface area (Å²) < 4.78 is 26.6. The van der Waals surface area contributed by atoms with E-state index in [1.165, 1.54) is 16.4 Å². The van der Waals surface area contributed by atoms with Crippen LogP contribution in [0.1, 0.15) is 48.5 Å². The van der Waals surface area contributed by atoms with Crippen molar-refractivity contribution >= 4 is 22.1 Å². The number of carbonyl (C=O) groups is 1. The summed E-state index contributed by atoms with van der Waals surface area (Å²) in [4.78, 5) is 11.3. The summed E-state index contributed by atoms with van der Waals surface area (Å²) in [6, 6.07) is 4.29. The highest BCUT2D eigenvalue weighted by atomic mass is 32.2. The molecule has 1 aromatic carbocycles. The number of allylic oxidation sites excluding steroid dienone is 1. The Hall–Kier alpha value is -1.66. The van der Waals surface area contributed by atoms with Crippen LogP contribution in [0.5, 0.6) is 0 Å². The minimum Gasteiger partial charge on any atom is -0.478 e. The van der Waals surface area contributed by atoms with Crippen LogP contribution in [0.4, 0.5) is 0 Å². The van der Waals surface area contributed by atoms with Crippen molar-refractivity contribution in [1.29, 1.82) is 0 Å². The van der Waals surface area contributed by atoms with Gasteiger partial charge in [-0.15, -0.1) is 0 Å². The maximum absolute atomic E-state index is 12.6. The van der Waals surface area contributed by atoms with Gasteiger partial charge in [-0.05, 0) is 43.0 Å². The van der Waals surface area contributed by atoms with Crippen molar-refractivity contribution in [2.24, 2.45) is 0 Å². The maximum atomic E-state index is 12.6. The van der Waals surface area contributed by atoms with E-state index < -0.39 is 16.0 Å². The lowest BCUT2D eigenvalue weighted by atomic mass is 10.1. The van der Waals surface area contributed by atoms with Gasteiger partial charge in [-0.1, -0.05) is 25.5 Å². The van der Waals surface area contributed by atoms with Crippen LogP contribution in [-0.2, 0) is 10.0 Å². The van der Waals surface area contributed by atoms with Crippen molar-refractivity contribution in [2.75, 3.05) is 13.1 Å². The van der Waals surface area contributed by atoms with Crippen LogP contribution in [0.25, 0.3) is 6.08 Å². The minimum absolute atomic E-state index is 0.00331. The molecule has 120 valence electrons. The molecule has 5 nitrogen and oxygen atoms in total. The Morgan fingerprint density at radius 2 is 1.95 bits per heavy atom. The van der Waals surface area contributed by atoms with Crippen LogP contribution in [0.15, 0.2) is 29.2 Å². The standard InChI is InChI=1S/C16H21NO4S/c1-2-3-4-7-13-10-14(16(18)19)12-15(11-13)22(20,21)17-8-5-6-9-17/h4,7,10-12H,2-3,5-6,8-9H2,1H3,(H,18,19). The van der Waals surface area contributed by atoms with Gasteiger partial charge in [0.05, 0.1) is 10.5 Å². The smallest absolute Gasteiger partial charge is 0.335 e. The second kappa shape index (κ2) is 7.07. The molecule has 0 bridgehead atoms. The van der Waals surface area contributed by atoms with Crippen molar-refractivity contribution in [2.45, 2.75) is 37.5 Å². The van der Waals surface area contributed by atoms with E-state index in [0.29, 0.717) is 18.7 Å². The number of rotatable bonds is 6. The van der Waals surface area contributed by atoms with E-state index in [9.17, 15) is 18.3 Å². The number of carboxylic acid groups (broad SMARTS) is 1.